The van der Waals surface area contributed by atoms with Crippen molar-refractivity contribution >= 4 is 34.0 Å². The van der Waals surface area contributed by atoms with Crippen LogP contribution in [0.25, 0.3) is 0 Å². The van der Waals surface area contributed by atoms with Gasteiger partial charge in [-0.25, -0.2) is 0 Å². The Morgan fingerprint density at radius 2 is 2.09 bits per heavy atom. The maximum Gasteiger partial charge on any atom is 0.269 e. The minimum absolute atomic E-state index is 0.0995. The van der Waals surface area contributed by atoms with Gasteiger partial charge in [-0.1, -0.05) is 24.3 Å². The fraction of sp³-hybridized carbons (Fsp3) is 0.222. The average molecular weight is 418 g/mol. The monoisotopic (exact) mass is 418 g/mol. The van der Waals surface area contributed by atoms with Crippen molar-refractivity contribution in [2.45, 2.75) is 18.4 Å². The number of nitro groups is 1. The van der Waals surface area contributed by atoms with Crippen LogP contribution in [0, 0.1) is 19.6 Å². The van der Waals surface area contributed by atoms with Crippen molar-refractivity contribution in [2.75, 3.05) is 5.32 Å². The fourth-order valence-electron chi connectivity index (χ4n) is 3.73. The van der Waals surface area contributed by atoms with Gasteiger partial charge in [0.05, 0.1) is 11.0 Å². The van der Waals surface area contributed by atoms with Crippen LogP contribution in [-0.4, -0.2) is 4.92 Å². The zero-order chi connectivity index (χ0) is 16.0. The molecule has 0 bridgehead atoms. The van der Waals surface area contributed by atoms with Crippen LogP contribution in [0.2, 0.25) is 0 Å². The van der Waals surface area contributed by atoms with E-state index in [1.165, 1.54) is 9.13 Å². The lowest BCUT2D eigenvalue weighted by Gasteiger charge is -2.37. The smallest absolute Gasteiger partial charge is 0.269 e. The molecule has 23 heavy (non-hydrogen) atoms. The zero-order valence-corrected chi connectivity index (χ0v) is 14.4. The normalized spacial score (nSPS) is 24.7. The Morgan fingerprint density at radius 1 is 1.22 bits per heavy atom. The van der Waals surface area contributed by atoms with Gasteiger partial charge in [-0.2, -0.15) is 0 Å². The number of benzene rings is 2. The third-order valence-corrected chi connectivity index (χ3v) is 5.44. The maximum atomic E-state index is 11.1. The van der Waals surface area contributed by atoms with E-state index in [-0.39, 0.29) is 16.7 Å². The first kappa shape index (κ1) is 14.7. The molecule has 1 heterocycles. The SMILES string of the molecule is O=[N+]([O-])c1cccc([C@@H]2Nc3ccc(I)cc3[C@@H]3C=CC[C@@H]32)c1. The second-order valence-electron chi connectivity index (χ2n) is 6.06. The van der Waals surface area contributed by atoms with Crippen LogP contribution < -0.4 is 5.32 Å². The molecular weight excluding hydrogens is 403 g/mol. The summed E-state index contributed by atoms with van der Waals surface area (Å²) in [6, 6.07) is 13.5. The van der Waals surface area contributed by atoms with Crippen molar-refractivity contribution in [1.29, 1.82) is 0 Å². The van der Waals surface area contributed by atoms with Crippen molar-refractivity contribution < 1.29 is 4.92 Å². The molecule has 2 aromatic carbocycles. The third-order valence-electron chi connectivity index (χ3n) is 4.76. The van der Waals surface area contributed by atoms with Crippen LogP contribution in [-0.2, 0) is 0 Å². The number of anilines is 1. The Morgan fingerprint density at radius 3 is 2.91 bits per heavy atom. The molecule has 1 aliphatic carbocycles. The van der Waals surface area contributed by atoms with Crippen molar-refractivity contribution in [3.63, 3.8) is 0 Å². The first-order valence-electron chi connectivity index (χ1n) is 7.60. The number of fused-ring (bicyclic) bond motifs is 3. The molecular formula is C18H15IN2O2. The summed E-state index contributed by atoms with van der Waals surface area (Å²) in [5.74, 6) is 0.785. The summed E-state index contributed by atoms with van der Waals surface area (Å²) in [6.07, 6.45) is 5.51. The van der Waals surface area contributed by atoms with Gasteiger partial charge in [0.25, 0.3) is 5.69 Å². The minimum Gasteiger partial charge on any atom is -0.378 e. The van der Waals surface area contributed by atoms with E-state index in [9.17, 15) is 10.1 Å². The molecule has 0 spiro atoms. The molecule has 0 unspecified atom stereocenters. The summed E-state index contributed by atoms with van der Waals surface area (Å²) >= 11 is 2.34. The Labute approximate surface area is 147 Å². The molecule has 0 saturated carbocycles. The number of hydrogen-bond donors (Lipinski definition) is 1. The van der Waals surface area contributed by atoms with Gasteiger partial charge in [-0.15, -0.1) is 0 Å². The Kier molecular flexibility index (Phi) is 3.60. The molecule has 0 amide bonds. The summed E-state index contributed by atoms with van der Waals surface area (Å²) in [5.41, 5.74) is 3.61. The molecule has 0 fully saturated rings. The molecule has 2 aromatic rings. The molecule has 3 atom stereocenters. The highest BCUT2D eigenvalue weighted by atomic mass is 127. The van der Waals surface area contributed by atoms with Crippen molar-refractivity contribution in [1.82, 2.24) is 0 Å². The van der Waals surface area contributed by atoms with Gasteiger partial charge >= 0.3 is 0 Å². The molecule has 4 rings (SSSR count). The summed E-state index contributed by atoms with van der Waals surface area (Å²) in [6.45, 7) is 0. The van der Waals surface area contributed by atoms with Crippen molar-refractivity contribution in [3.8, 4) is 0 Å². The zero-order valence-electron chi connectivity index (χ0n) is 12.3. The average Bonchev–Trinajstić information content (AvgIpc) is 3.04. The van der Waals surface area contributed by atoms with Crippen LogP contribution in [0.1, 0.15) is 29.5 Å². The van der Waals surface area contributed by atoms with Gasteiger partial charge < -0.3 is 5.32 Å². The number of nitrogens with zero attached hydrogens (tertiary/aromatic N) is 1. The largest absolute Gasteiger partial charge is 0.378 e. The number of non-ortho nitro benzene ring substituents is 1. The van der Waals surface area contributed by atoms with Crippen molar-refractivity contribution in [2.24, 2.45) is 5.92 Å². The number of nitro benzene ring substituents is 1. The van der Waals surface area contributed by atoms with Crippen LogP contribution in [0.15, 0.2) is 54.6 Å². The predicted molar refractivity (Wildman–Crippen MR) is 98.6 cm³/mol. The van der Waals surface area contributed by atoms with E-state index in [1.807, 2.05) is 6.07 Å². The minimum atomic E-state index is -0.326. The maximum absolute atomic E-state index is 11.1. The number of nitrogens with one attached hydrogen (secondary N) is 1. The molecule has 116 valence electrons. The highest BCUT2D eigenvalue weighted by Gasteiger charge is 2.38. The molecule has 0 radical (unpaired) electrons. The molecule has 5 heteroatoms. The third kappa shape index (κ3) is 2.52. The van der Waals surface area contributed by atoms with Crippen LogP contribution in [0.3, 0.4) is 0 Å². The second kappa shape index (κ2) is 5.63. The highest BCUT2D eigenvalue weighted by molar-refractivity contribution is 14.1. The Balaban J connectivity index is 1.78. The molecule has 0 aromatic heterocycles. The number of allylic oxidation sites excluding steroid dienone is 2. The molecule has 0 saturated heterocycles. The standard InChI is InChI=1S/C18H15IN2O2/c19-12-7-8-17-16(10-12)14-5-2-6-15(14)18(20-17)11-3-1-4-13(9-11)21(22)23/h1-5,7-10,14-15,18,20H,6H2/t14-,15+,18+/m1/s1. The second-order valence-corrected chi connectivity index (χ2v) is 7.30. The van der Waals surface area contributed by atoms with E-state index in [0.717, 1.165) is 17.7 Å². The summed E-state index contributed by atoms with van der Waals surface area (Å²) in [5, 5.41) is 14.7. The molecule has 1 N–H and O–H groups in total. The lowest BCUT2D eigenvalue weighted by Crippen LogP contribution is -2.29. The molecule has 1 aliphatic heterocycles. The van der Waals surface area contributed by atoms with Crippen LogP contribution >= 0.6 is 22.6 Å². The van der Waals surface area contributed by atoms with E-state index >= 15 is 0 Å². The highest BCUT2D eigenvalue weighted by Crippen LogP contribution is 2.50. The fourth-order valence-corrected chi connectivity index (χ4v) is 4.24. The quantitative estimate of drug-likeness (QED) is 0.322. The van der Waals surface area contributed by atoms with E-state index in [0.29, 0.717) is 11.8 Å². The van der Waals surface area contributed by atoms with Crippen LogP contribution in [0.5, 0.6) is 0 Å². The van der Waals surface area contributed by atoms with E-state index in [1.54, 1.807) is 18.2 Å². The first-order chi connectivity index (χ1) is 11.1. The Bertz CT molecular complexity index is 818. The molecule has 2 aliphatic rings. The lowest BCUT2D eigenvalue weighted by molar-refractivity contribution is -0.384. The number of halogens is 1. The summed E-state index contributed by atoms with van der Waals surface area (Å²) in [4.78, 5) is 10.7. The van der Waals surface area contributed by atoms with Gasteiger partial charge in [0, 0.05) is 27.3 Å². The van der Waals surface area contributed by atoms with E-state index in [2.05, 4.69) is 58.3 Å². The number of hydrogen-bond acceptors (Lipinski definition) is 3. The van der Waals surface area contributed by atoms with E-state index < -0.39 is 0 Å². The summed E-state index contributed by atoms with van der Waals surface area (Å²) < 4.78 is 1.23. The summed E-state index contributed by atoms with van der Waals surface area (Å²) in [7, 11) is 0. The first-order valence-corrected chi connectivity index (χ1v) is 8.68. The molecule has 4 nitrogen and oxygen atoms in total. The number of rotatable bonds is 2. The van der Waals surface area contributed by atoms with E-state index in [4.69, 9.17) is 0 Å². The predicted octanol–water partition coefficient (Wildman–Crippen LogP) is 5.03. The Hall–Kier alpha value is -1.89. The van der Waals surface area contributed by atoms with Gasteiger partial charge in [-0.3, -0.25) is 10.1 Å². The van der Waals surface area contributed by atoms with Crippen molar-refractivity contribution in [3.05, 3.63) is 79.4 Å². The van der Waals surface area contributed by atoms with Crippen LogP contribution in [0.4, 0.5) is 11.4 Å². The van der Waals surface area contributed by atoms with Gasteiger partial charge in [0.1, 0.15) is 0 Å². The topological polar surface area (TPSA) is 55.2 Å². The van der Waals surface area contributed by atoms with Gasteiger partial charge in [0.2, 0.25) is 0 Å². The lowest BCUT2D eigenvalue weighted by atomic mass is 9.77. The van der Waals surface area contributed by atoms with Gasteiger partial charge in [0.15, 0.2) is 0 Å². The van der Waals surface area contributed by atoms with Gasteiger partial charge in [-0.05, 0) is 64.3 Å².